The van der Waals surface area contributed by atoms with Crippen LogP contribution in [0.25, 0.3) is 0 Å². The van der Waals surface area contributed by atoms with Gasteiger partial charge in [-0.15, -0.1) is 3.82 Å². The summed E-state index contributed by atoms with van der Waals surface area (Å²) < 4.78 is 250. The highest BCUT2D eigenvalue weighted by Gasteiger charge is 2.95. The Labute approximate surface area is 218 Å². The molecule has 3 nitrogen and oxygen atoms in total. The molecule has 1 aromatic carbocycles. The van der Waals surface area contributed by atoms with Gasteiger partial charge >= 0.3 is 47.6 Å². The molecular formula is C18H13ClF17NO2S. The van der Waals surface area contributed by atoms with Crippen LogP contribution in [0.15, 0.2) is 29.2 Å². The summed E-state index contributed by atoms with van der Waals surface area (Å²) in [5.74, 6) is -57.1. The zero-order valence-electron chi connectivity index (χ0n) is 18.9. The molecule has 0 saturated heterocycles. The molecule has 0 bridgehead atoms. The van der Waals surface area contributed by atoms with Gasteiger partial charge in [0.15, 0.2) is 0 Å². The first-order valence-electron chi connectivity index (χ1n) is 9.84. The van der Waals surface area contributed by atoms with Crippen LogP contribution in [0.5, 0.6) is 0 Å². The van der Waals surface area contributed by atoms with Crippen molar-refractivity contribution in [2.24, 2.45) is 0 Å². The monoisotopic (exact) mass is 665 g/mol. The Morgan fingerprint density at radius 1 is 0.625 bits per heavy atom. The highest BCUT2D eigenvalue weighted by molar-refractivity contribution is 7.90. The molecule has 0 aliphatic heterocycles. The quantitative estimate of drug-likeness (QED) is 0.168. The molecule has 1 rings (SSSR count). The molecule has 0 saturated carbocycles. The molecule has 0 unspecified atom stereocenters. The third kappa shape index (κ3) is 5.52. The van der Waals surface area contributed by atoms with E-state index in [1.165, 1.54) is 19.1 Å². The minimum Gasteiger partial charge on any atom is -0.206 e. The molecular weight excluding hydrogens is 653 g/mol. The van der Waals surface area contributed by atoms with Crippen molar-refractivity contribution in [3.8, 4) is 0 Å². The van der Waals surface area contributed by atoms with Crippen LogP contribution in [0.3, 0.4) is 0 Å². The summed E-state index contributed by atoms with van der Waals surface area (Å²) >= 11 is 5.34. The molecule has 0 fully saturated rings. The summed E-state index contributed by atoms with van der Waals surface area (Å²) in [5.41, 5.74) is 0.505. The van der Waals surface area contributed by atoms with E-state index in [2.05, 4.69) is 0 Å². The van der Waals surface area contributed by atoms with E-state index in [1.54, 1.807) is 0 Å². The molecule has 0 aromatic heterocycles. The fourth-order valence-electron chi connectivity index (χ4n) is 2.72. The van der Waals surface area contributed by atoms with Gasteiger partial charge in [-0.3, -0.25) is 0 Å². The minimum absolute atomic E-state index is 0.327. The fraction of sp³-hybridized carbons (Fsp3) is 0.667. The number of hydrogen-bond acceptors (Lipinski definition) is 2. The topological polar surface area (TPSA) is 37.4 Å². The van der Waals surface area contributed by atoms with E-state index in [0.29, 0.717) is 5.56 Å². The number of halogens is 18. The number of sulfonamides is 1. The van der Waals surface area contributed by atoms with E-state index in [-0.39, 0.29) is 3.82 Å². The van der Waals surface area contributed by atoms with Crippen molar-refractivity contribution >= 4 is 21.8 Å². The predicted octanol–water partition coefficient (Wildman–Crippen LogP) is 7.93. The predicted molar refractivity (Wildman–Crippen MR) is 101 cm³/mol. The van der Waals surface area contributed by atoms with Gasteiger partial charge in [-0.2, -0.15) is 74.6 Å². The van der Waals surface area contributed by atoms with Gasteiger partial charge in [0.05, 0.1) is 4.90 Å². The minimum atomic E-state index is -8.71. The van der Waals surface area contributed by atoms with Gasteiger partial charge in [-0.1, -0.05) is 17.7 Å². The molecule has 0 N–H and O–H groups in total. The maximum absolute atomic E-state index is 13.9. The Bertz CT molecular complexity index is 1150. The molecule has 0 aliphatic carbocycles. The maximum Gasteiger partial charge on any atom is 0.460 e. The highest BCUT2D eigenvalue weighted by Crippen LogP contribution is 2.64. The summed E-state index contributed by atoms with van der Waals surface area (Å²) in [6.07, 6.45) is -12.3. The van der Waals surface area contributed by atoms with E-state index >= 15 is 0 Å². The molecule has 40 heavy (non-hydrogen) atoms. The zero-order chi connectivity index (χ0) is 32.2. The number of rotatable bonds is 12. The molecule has 0 atom stereocenters. The average molecular weight is 666 g/mol. The van der Waals surface area contributed by atoms with Gasteiger partial charge in [0.1, 0.15) is 0 Å². The summed E-state index contributed by atoms with van der Waals surface area (Å²) in [6.45, 7) is 0.0345. The van der Waals surface area contributed by atoms with Gasteiger partial charge in [-0.05, 0) is 37.3 Å². The Morgan fingerprint density at radius 2 is 0.975 bits per heavy atom. The number of nitrogens with zero attached hydrogens (tertiary/aromatic N) is 1. The van der Waals surface area contributed by atoms with Crippen molar-refractivity contribution in [1.82, 2.24) is 3.82 Å². The smallest absolute Gasteiger partial charge is 0.206 e. The van der Waals surface area contributed by atoms with Crippen LogP contribution in [0, 0.1) is 6.92 Å². The lowest BCUT2D eigenvalue weighted by atomic mass is 9.88. The van der Waals surface area contributed by atoms with Crippen molar-refractivity contribution in [2.45, 2.75) is 72.3 Å². The first-order valence-corrected chi connectivity index (χ1v) is 11.6. The molecule has 22 heteroatoms. The molecule has 1 aromatic rings. The van der Waals surface area contributed by atoms with E-state index in [1.807, 2.05) is 0 Å². The summed E-state index contributed by atoms with van der Waals surface area (Å²) in [4.78, 5) is -0.616. The lowest BCUT2D eigenvalue weighted by Crippen LogP contribution is -2.74. The molecule has 0 amide bonds. The Hall–Kier alpha value is -1.77. The first-order chi connectivity index (χ1) is 17.4. The lowest BCUT2D eigenvalue weighted by molar-refractivity contribution is -0.461. The summed E-state index contributed by atoms with van der Waals surface area (Å²) in [7, 11) is -4.77. The van der Waals surface area contributed by atoms with Crippen LogP contribution in [-0.4, -0.2) is 66.4 Å². The van der Waals surface area contributed by atoms with Crippen LogP contribution in [0.4, 0.5) is 74.6 Å². The van der Waals surface area contributed by atoms with E-state index < -0.39 is 81.9 Å². The van der Waals surface area contributed by atoms with E-state index in [0.717, 1.165) is 12.1 Å². The Balaban J connectivity index is 3.29. The van der Waals surface area contributed by atoms with Crippen molar-refractivity contribution in [2.75, 3.05) is 6.54 Å². The zero-order valence-corrected chi connectivity index (χ0v) is 20.5. The van der Waals surface area contributed by atoms with Crippen LogP contribution >= 0.6 is 11.8 Å². The van der Waals surface area contributed by atoms with Gasteiger partial charge in [0.2, 0.25) is 0 Å². The average Bonchev–Trinajstić information content (AvgIpc) is 2.77. The maximum atomic E-state index is 13.9. The van der Waals surface area contributed by atoms with Crippen LogP contribution in [0.1, 0.15) is 18.4 Å². The third-order valence-electron chi connectivity index (χ3n) is 5.19. The van der Waals surface area contributed by atoms with Gasteiger partial charge < -0.3 is 0 Å². The number of alkyl halides is 17. The largest absolute Gasteiger partial charge is 0.460 e. The normalized spacial score (nSPS) is 15.6. The molecule has 0 aliphatic rings. The van der Waals surface area contributed by atoms with Gasteiger partial charge in [-0.25, -0.2) is 8.42 Å². The van der Waals surface area contributed by atoms with E-state index in [4.69, 9.17) is 11.8 Å². The van der Waals surface area contributed by atoms with Crippen LogP contribution < -0.4 is 0 Å². The summed E-state index contributed by atoms with van der Waals surface area (Å²) in [5, 5.41) is 0. The second-order valence-corrected chi connectivity index (χ2v) is 10.6. The van der Waals surface area contributed by atoms with Gasteiger partial charge in [0, 0.05) is 13.0 Å². The molecule has 0 heterocycles. The number of hydrogen-bond donors (Lipinski definition) is 0. The van der Waals surface area contributed by atoms with Crippen LogP contribution in [0.2, 0.25) is 0 Å². The number of aryl methyl sites for hydroxylation is 1. The molecule has 0 radical (unpaired) electrons. The van der Waals surface area contributed by atoms with Crippen molar-refractivity contribution < 1.29 is 83.1 Å². The second kappa shape index (κ2) is 10.5. The fourth-order valence-corrected chi connectivity index (χ4v) is 4.16. The third-order valence-corrected chi connectivity index (χ3v) is 7.48. The van der Waals surface area contributed by atoms with Crippen molar-refractivity contribution in [3.05, 3.63) is 29.8 Å². The van der Waals surface area contributed by atoms with Crippen molar-refractivity contribution in [3.63, 3.8) is 0 Å². The second-order valence-electron chi connectivity index (χ2n) is 8.08. The standard InChI is InChI=1S/C18H13ClF17NO2S/c1-9-3-5-10(6-4-9)40(38,39)37(19)8-2-7-11(20,21)12(22,23)13(24,25)14(26,27)15(28,29)16(30,31)17(32,33)18(34,35)36/h3-6H,2,7-8H2,1H3. The SMILES string of the molecule is Cc1ccc(S(=O)(=O)N(Cl)CCCC(F)(F)C(F)(F)C(F)(F)C(F)(F)C(F)(F)C(F)(F)C(F)(F)C(F)(F)F)cc1. The molecule has 0 spiro atoms. The highest BCUT2D eigenvalue weighted by atomic mass is 35.5. The summed E-state index contributed by atoms with van der Waals surface area (Å²) in [6, 6.07) is 4.25. The Morgan fingerprint density at radius 3 is 1.35 bits per heavy atom. The lowest BCUT2D eigenvalue weighted by Gasteiger charge is -2.42. The van der Waals surface area contributed by atoms with Crippen molar-refractivity contribution in [1.29, 1.82) is 0 Å². The molecule has 234 valence electrons. The van der Waals surface area contributed by atoms with Gasteiger partial charge in [0.25, 0.3) is 10.0 Å². The first kappa shape index (κ1) is 36.3. The van der Waals surface area contributed by atoms with E-state index in [9.17, 15) is 83.1 Å². The number of benzene rings is 1. The Kier molecular flexibility index (Phi) is 9.51. The van der Waals surface area contributed by atoms with Crippen LogP contribution in [-0.2, 0) is 10.0 Å².